The van der Waals surface area contributed by atoms with Gasteiger partial charge in [-0.05, 0) is 71.6 Å². The van der Waals surface area contributed by atoms with Gasteiger partial charge in [0, 0.05) is 17.6 Å². The molecule has 0 unspecified atom stereocenters. The Hall–Kier alpha value is -1.41. The van der Waals surface area contributed by atoms with Crippen molar-refractivity contribution in [3.8, 4) is 11.4 Å². The molecule has 0 bridgehead atoms. The van der Waals surface area contributed by atoms with E-state index in [1.54, 1.807) is 4.68 Å². The summed E-state index contributed by atoms with van der Waals surface area (Å²) in [6.45, 7) is 1.23. The molecule has 0 fully saturated rings. The fourth-order valence-corrected chi connectivity index (χ4v) is 3.06. The molecule has 0 amide bonds. The minimum absolute atomic E-state index is 0.568. The molecule has 8 heteroatoms. The molecular formula is C16H16BrClN4OS. The van der Waals surface area contributed by atoms with E-state index >= 15 is 0 Å². The van der Waals surface area contributed by atoms with E-state index in [0.29, 0.717) is 23.0 Å². The van der Waals surface area contributed by atoms with Crippen molar-refractivity contribution in [2.24, 2.45) is 7.05 Å². The molecule has 2 aromatic heterocycles. The third-order valence-corrected chi connectivity index (χ3v) is 4.74. The second-order valence-electron chi connectivity index (χ2n) is 5.53. The normalized spacial score (nSPS) is 11.4. The maximum atomic E-state index is 5.95. The van der Waals surface area contributed by atoms with Gasteiger partial charge in [0.15, 0.2) is 15.3 Å². The van der Waals surface area contributed by atoms with Gasteiger partial charge in [0.05, 0.1) is 13.2 Å². The Kier molecular flexibility index (Phi) is 5.24. The van der Waals surface area contributed by atoms with Gasteiger partial charge in [-0.1, -0.05) is 11.6 Å². The van der Waals surface area contributed by atoms with Crippen molar-refractivity contribution in [3.05, 3.63) is 56.6 Å². The Morgan fingerprint density at radius 2 is 1.96 bits per heavy atom. The zero-order valence-corrected chi connectivity index (χ0v) is 16.4. The minimum Gasteiger partial charge on any atom is -0.453 e. The first-order valence-electron chi connectivity index (χ1n) is 7.26. The van der Waals surface area contributed by atoms with Gasteiger partial charge in [0.25, 0.3) is 0 Å². The fourth-order valence-electron chi connectivity index (χ4n) is 2.41. The van der Waals surface area contributed by atoms with E-state index in [1.807, 2.05) is 55.1 Å². The SMILES string of the molecule is CN(Cc1ccc(Br)o1)Cn1nc(-c2ccc(Cl)cc2)n(C)c1=S. The molecule has 1 aromatic carbocycles. The average Bonchev–Trinajstić information content (AvgIpc) is 3.06. The van der Waals surface area contributed by atoms with Crippen molar-refractivity contribution in [1.29, 1.82) is 0 Å². The van der Waals surface area contributed by atoms with E-state index in [2.05, 4.69) is 25.9 Å². The summed E-state index contributed by atoms with van der Waals surface area (Å²) in [4.78, 5) is 2.08. The Bertz CT molecular complexity index is 900. The summed E-state index contributed by atoms with van der Waals surface area (Å²) in [7, 11) is 3.91. The number of furan rings is 1. The number of hydrogen-bond acceptors (Lipinski definition) is 4. The monoisotopic (exact) mass is 426 g/mol. The zero-order valence-electron chi connectivity index (χ0n) is 13.2. The van der Waals surface area contributed by atoms with Crippen LogP contribution in [0, 0.1) is 4.77 Å². The molecule has 3 rings (SSSR count). The van der Waals surface area contributed by atoms with Gasteiger partial charge in [-0.25, -0.2) is 4.68 Å². The van der Waals surface area contributed by atoms with E-state index in [4.69, 9.17) is 28.2 Å². The van der Waals surface area contributed by atoms with Gasteiger partial charge < -0.3 is 8.98 Å². The number of hydrogen-bond donors (Lipinski definition) is 0. The lowest BCUT2D eigenvalue weighted by Gasteiger charge is -2.14. The average molecular weight is 428 g/mol. The maximum Gasteiger partial charge on any atom is 0.199 e. The van der Waals surface area contributed by atoms with Crippen LogP contribution in [0.5, 0.6) is 0 Å². The summed E-state index contributed by atoms with van der Waals surface area (Å²) in [5.74, 6) is 1.69. The van der Waals surface area contributed by atoms with E-state index in [1.165, 1.54) is 0 Å². The second-order valence-corrected chi connectivity index (χ2v) is 7.12. The van der Waals surface area contributed by atoms with Crippen LogP contribution in [-0.4, -0.2) is 26.3 Å². The molecule has 5 nitrogen and oxygen atoms in total. The van der Waals surface area contributed by atoms with Crippen LogP contribution < -0.4 is 0 Å². The van der Waals surface area contributed by atoms with E-state index in [-0.39, 0.29) is 0 Å². The maximum absolute atomic E-state index is 5.95. The van der Waals surface area contributed by atoms with Crippen molar-refractivity contribution in [1.82, 2.24) is 19.2 Å². The smallest absolute Gasteiger partial charge is 0.199 e. The topological polar surface area (TPSA) is 39.1 Å². The molecule has 0 atom stereocenters. The summed E-state index contributed by atoms with van der Waals surface area (Å²) < 4.78 is 10.6. The molecule has 126 valence electrons. The highest BCUT2D eigenvalue weighted by Gasteiger charge is 2.12. The first-order valence-corrected chi connectivity index (χ1v) is 8.84. The van der Waals surface area contributed by atoms with Crippen LogP contribution in [0.3, 0.4) is 0 Å². The summed E-state index contributed by atoms with van der Waals surface area (Å²) in [5, 5.41) is 5.34. The molecule has 0 radical (unpaired) electrons. The number of benzene rings is 1. The first kappa shape index (κ1) is 17.4. The molecule has 24 heavy (non-hydrogen) atoms. The highest BCUT2D eigenvalue weighted by Crippen LogP contribution is 2.20. The van der Waals surface area contributed by atoms with Gasteiger partial charge in [0.1, 0.15) is 5.76 Å². The number of rotatable bonds is 5. The van der Waals surface area contributed by atoms with Gasteiger partial charge in [0.2, 0.25) is 0 Å². The zero-order chi connectivity index (χ0) is 17.3. The molecule has 0 aliphatic rings. The predicted molar refractivity (Wildman–Crippen MR) is 100 cm³/mol. The highest BCUT2D eigenvalue weighted by molar-refractivity contribution is 9.10. The van der Waals surface area contributed by atoms with Gasteiger partial charge in [-0.15, -0.1) is 0 Å². The van der Waals surface area contributed by atoms with Gasteiger partial charge >= 0.3 is 0 Å². The van der Waals surface area contributed by atoms with Crippen LogP contribution in [0.4, 0.5) is 0 Å². The largest absolute Gasteiger partial charge is 0.453 e. The predicted octanol–water partition coefficient (Wildman–Crippen LogP) is 4.72. The summed E-state index contributed by atoms with van der Waals surface area (Å²) in [6, 6.07) is 11.4. The standard InChI is InChI=1S/C16H16BrClN4OS/c1-20(9-13-7-8-14(17)23-13)10-22-16(24)21(2)15(19-22)11-3-5-12(18)6-4-11/h3-8H,9-10H2,1-2H3. The lowest BCUT2D eigenvalue weighted by Crippen LogP contribution is -2.22. The van der Waals surface area contributed by atoms with Crippen molar-refractivity contribution in [3.63, 3.8) is 0 Å². The molecule has 0 saturated carbocycles. The molecule has 0 saturated heterocycles. The van der Waals surface area contributed by atoms with Crippen LogP contribution >= 0.6 is 39.7 Å². The summed E-state index contributed by atoms with van der Waals surface area (Å²) >= 11 is 14.8. The van der Waals surface area contributed by atoms with Gasteiger partial charge in [-0.2, -0.15) is 5.10 Å². The van der Waals surface area contributed by atoms with Crippen LogP contribution in [0.1, 0.15) is 5.76 Å². The van der Waals surface area contributed by atoms with Crippen LogP contribution in [0.2, 0.25) is 5.02 Å². The molecule has 0 N–H and O–H groups in total. The second kappa shape index (κ2) is 7.23. The Labute approximate surface area is 158 Å². The fraction of sp³-hybridized carbons (Fsp3) is 0.250. The number of aromatic nitrogens is 3. The van der Waals surface area contributed by atoms with Crippen LogP contribution in [0.25, 0.3) is 11.4 Å². The lowest BCUT2D eigenvalue weighted by atomic mass is 10.2. The molecular weight excluding hydrogens is 412 g/mol. The molecule has 2 heterocycles. The third kappa shape index (κ3) is 3.80. The Balaban J connectivity index is 1.80. The minimum atomic E-state index is 0.568. The van der Waals surface area contributed by atoms with Crippen molar-refractivity contribution < 1.29 is 4.42 Å². The van der Waals surface area contributed by atoms with Crippen molar-refractivity contribution in [2.45, 2.75) is 13.2 Å². The van der Waals surface area contributed by atoms with Crippen LogP contribution in [-0.2, 0) is 20.3 Å². The molecule has 0 aliphatic carbocycles. The number of nitrogens with zero attached hydrogens (tertiary/aromatic N) is 4. The van der Waals surface area contributed by atoms with E-state index < -0.39 is 0 Å². The Morgan fingerprint density at radius 3 is 2.58 bits per heavy atom. The van der Waals surface area contributed by atoms with Crippen LogP contribution in [0.15, 0.2) is 45.5 Å². The Morgan fingerprint density at radius 1 is 1.25 bits per heavy atom. The highest BCUT2D eigenvalue weighted by atomic mass is 79.9. The first-order chi connectivity index (χ1) is 11.4. The van der Waals surface area contributed by atoms with E-state index in [0.717, 1.165) is 21.8 Å². The lowest BCUT2D eigenvalue weighted by molar-refractivity contribution is 0.224. The van der Waals surface area contributed by atoms with Gasteiger partial charge in [-0.3, -0.25) is 4.90 Å². The summed E-state index contributed by atoms with van der Waals surface area (Å²) in [6.07, 6.45) is 0. The quantitative estimate of drug-likeness (QED) is 0.553. The third-order valence-electron chi connectivity index (χ3n) is 3.57. The molecule has 3 aromatic rings. The molecule has 0 spiro atoms. The van der Waals surface area contributed by atoms with Crippen molar-refractivity contribution >= 4 is 39.7 Å². The molecule has 0 aliphatic heterocycles. The van der Waals surface area contributed by atoms with E-state index in [9.17, 15) is 0 Å². The van der Waals surface area contributed by atoms with Crippen molar-refractivity contribution in [2.75, 3.05) is 7.05 Å². The number of halogens is 2. The summed E-state index contributed by atoms with van der Waals surface area (Å²) in [5.41, 5.74) is 0.976.